The van der Waals surface area contributed by atoms with Crippen LogP contribution in [-0.4, -0.2) is 13.7 Å². The van der Waals surface area contributed by atoms with E-state index in [4.69, 9.17) is 22.1 Å². The average molecular weight is 262 g/mol. The van der Waals surface area contributed by atoms with Gasteiger partial charge in [-0.3, -0.25) is 0 Å². The van der Waals surface area contributed by atoms with Gasteiger partial charge in [0.15, 0.2) is 11.6 Å². The Balaban J connectivity index is 2.50. The van der Waals surface area contributed by atoms with Crippen LogP contribution >= 0.6 is 11.6 Å². The first kappa shape index (κ1) is 12.7. The summed E-state index contributed by atoms with van der Waals surface area (Å²) in [5, 5.41) is 0.195. The number of ether oxygens (including phenoxy) is 1. The normalized spacial score (nSPS) is 17.2. The Kier molecular flexibility index (Phi) is 3.39. The predicted molar refractivity (Wildman–Crippen MR) is 62.0 cm³/mol. The molecular formula is C12H14ClF2NO. The zero-order chi connectivity index (χ0) is 12.6. The molecule has 0 saturated heterocycles. The maximum absolute atomic E-state index is 13.9. The monoisotopic (exact) mass is 261 g/mol. The minimum Gasteiger partial charge on any atom is -0.380 e. The van der Waals surface area contributed by atoms with E-state index in [1.165, 1.54) is 13.2 Å². The second-order valence-corrected chi connectivity index (χ2v) is 4.84. The topological polar surface area (TPSA) is 35.2 Å². The second kappa shape index (κ2) is 4.52. The van der Waals surface area contributed by atoms with Gasteiger partial charge in [-0.05, 0) is 24.5 Å². The Morgan fingerprint density at radius 1 is 1.41 bits per heavy atom. The third-order valence-electron chi connectivity index (χ3n) is 3.36. The largest absolute Gasteiger partial charge is 0.380 e. The summed E-state index contributed by atoms with van der Waals surface area (Å²) in [5.41, 5.74) is 5.55. The minimum absolute atomic E-state index is 0.0442. The van der Waals surface area contributed by atoms with Crippen LogP contribution in [-0.2, 0) is 16.8 Å². The summed E-state index contributed by atoms with van der Waals surface area (Å²) < 4.78 is 32.6. The second-order valence-electron chi connectivity index (χ2n) is 4.43. The van der Waals surface area contributed by atoms with Gasteiger partial charge in [0.1, 0.15) is 0 Å². The number of hydrogen-bond donors (Lipinski definition) is 1. The number of halogens is 3. The highest BCUT2D eigenvalue weighted by molar-refractivity contribution is 6.31. The van der Waals surface area contributed by atoms with Crippen molar-refractivity contribution in [3.05, 3.63) is 33.9 Å². The molecule has 1 saturated carbocycles. The molecule has 0 aliphatic heterocycles. The molecule has 0 spiro atoms. The van der Waals surface area contributed by atoms with Crippen molar-refractivity contribution < 1.29 is 13.5 Å². The first-order valence-electron chi connectivity index (χ1n) is 5.41. The van der Waals surface area contributed by atoms with Crippen LogP contribution in [0.15, 0.2) is 6.07 Å². The minimum atomic E-state index is -0.922. The molecule has 0 unspecified atom stereocenters. The fraction of sp³-hybridized carbons (Fsp3) is 0.500. The maximum atomic E-state index is 13.9. The maximum Gasteiger partial charge on any atom is 0.166 e. The van der Waals surface area contributed by atoms with Gasteiger partial charge in [0.25, 0.3) is 0 Å². The quantitative estimate of drug-likeness (QED) is 0.846. The smallest absolute Gasteiger partial charge is 0.166 e. The summed E-state index contributed by atoms with van der Waals surface area (Å²) in [6, 6.07) is 1.48. The van der Waals surface area contributed by atoms with Crippen LogP contribution in [0.2, 0.25) is 5.02 Å². The highest BCUT2D eigenvalue weighted by Gasteiger charge is 2.45. The summed E-state index contributed by atoms with van der Waals surface area (Å²) in [6.07, 6.45) is 1.56. The van der Waals surface area contributed by atoms with Gasteiger partial charge in [-0.1, -0.05) is 11.6 Å². The van der Waals surface area contributed by atoms with Crippen molar-refractivity contribution in [2.45, 2.75) is 24.9 Å². The summed E-state index contributed by atoms with van der Waals surface area (Å²) in [6.45, 7) is 0.265. The van der Waals surface area contributed by atoms with Crippen LogP contribution < -0.4 is 5.73 Å². The molecule has 1 fully saturated rings. The van der Waals surface area contributed by atoms with E-state index < -0.39 is 17.0 Å². The van der Waals surface area contributed by atoms with E-state index in [0.29, 0.717) is 12.1 Å². The van der Waals surface area contributed by atoms with E-state index in [0.717, 1.165) is 12.8 Å². The molecule has 1 aliphatic rings. The van der Waals surface area contributed by atoms with Crippen LogP contribution in [0.5, 0.6) is 0 Å². The van der Waals surface area contributed by atoms with E-state index >= 15 is 0 Å². The van der Waals surface area contributed by atoms with Crippen LogP contribution in [0.3, 0.4) is 0 Å². The van der Waals surface area contributed by atoms with Crippen molar-refractivity contribution in [3.63, 3.8) is 0 Å². The number of nitrogens with two attached hydrogens (primary N) is 1. The molecule has 0 bridgehead atoms. The molecule has 94 valence electrons. The predicted octanol–water partition coefficient (Wildman–Crippen LogP) is 2.75. The summed E-state index contributed by atoms with van der Waals surface area (Å²) in [4.78, 5) is 0. The Morgan fingerprint density at radius 2 is 2.06 bits per heavy atom. The van der Waals surface area contributed by atoms with Gasteiger partial charge in [0.05, 0.1) is 6.61 Å². The highest BCUT2D eigenvalue weighted by atomic mass is 35.5. The van der Waals surface area contributed by atoms with Gasteiger partial charge in [0.2, 0.25) is 0 Å². The van der Waals surface area contributed by atoms with Gasteiger partial charge >= 0.3 is 0 Å². The molecule has 0 atom stereocenters. The van der Waals surface area contributed by atoms with E-state index in [1.54, 1.807) is 0 Å². The molecule has 2 N–H and O–H groups in total. The zero-order valence-corrected chi connectivity index (χ0v) is 10.3. The van der Waals surface area contributed by atoms with Crippen molar-refractivity contribution in [1.82, 2.24) is 0 Å². The Labute approximate surface area is 104 Å². The fourth-order valence-corrected chi connectivity index (χ4v) is 2.28. The van der Waals surface area contributed by atoms with Crippen molar-refractivity contribution in [2.24, 2.45) is 5.73 Å². The van der Waals surface area contributed by atoms with Gasteiger partial charge in [0, 0.05) is 29.7 Å². The van der Waals surface area contributed by atoms with Crippen LogP contribution in [0.25, 0.3) is 0 Å². The Hall–Kier alpha value is -0.710. The van der Waals surface area contributed by atoms with Crippen LogP contribution in [0.1, 0.15) is 24.0 Å². The lowest BCUT2D eigenvalue weighted by atomic mass is 9.94. The molecule has 2 nitrogen and oxygen atoms in total. The van der Waals surface area contributed by atoms with E-state index in [2.05, 4.69) is 0 Å². The lowest BCUT2D eigenvalue weighted by Crippen LogP contribution is -2.22. The molecule has 0 aromatic heterocycles. The molecule has 2 rings (SSSR count). The van der Waals surface area contributed by atoms with Crippen LogP contribution in [0, 0.1) is 11.6 Å². The average Bonchev–Trinajstić information content (AvgIpc) is 3.10. The van der Waals surface area contributed by atoms with Gasteiger partial charge in [-0.25, -0.2) is 8.78 Å². The third kappa shape index (κ3) is 2.05. The number of benzene rings is 1. The lowest BCUT2D eigenvalue weighted by molar-refractivity contribution is 0.180. The first-order valence-corrected chi connectivity index (χ1v) is 5.79. The van der Waals surface area contributed by atoms with Crippen molar-refractivity contribution in [1.29, 1.82) is 0 Å². The van der Waals surface area contributed by atoms with Gasteiger partial charge < -0.3 is 10.5 Å². The van der Waals surface area contributed by atoms with Crippen molar-refractivity contribution in [2.75, 3.05) is 13.7 Å². The molecule has 1 aromatic rings. The number of methoxy groups -OCH3 is 1. The van der Waals surface area contributed by atoms with E-state index in [-0.39, 0.29) is 17.2 Å². The van der Waals surface area contributed by atoms with Crippen molar-refractivity contribution >= 4 is 11.6 Å². The first-order chi connectivity index (χ1) is 8.05. The molecule has 0 heterocycles. The van der Waals surface area contributed by atoms with Gasteiger partial charge in [-0.15, -0.1) is 0 Å². The van der Waals surface area contributed by atoms with E-state index in [9.17, 15) is 8.78 Å². The number of rotatable bonds is 4. The summed E-state index contributed by atoms with van der Waals surface area (Å²) >= 11 is 5.95. The molecule has 0 amide bonds. The zero-order valence-electron chi connectivity index (χ0n) is 9.53. The van der Waals surface area contributed by atoms with Gasteiger partial charge in [-0.2, -0.15) is 0 Å². The summed E-state index contributed by atoms with van der Waals surface area (Å²) in [7, 11) is 1.41. The van der Waals surface area contributed by atoms with E-state index in [1.807, 2.05) is 0 Å². The number of hydrogen-bond acceptors (Lipinski definition) is 2. The van der Waals surface area contributed by atoms with Crippen LogP contribution in [0.4, 0.5) is 8.78 Å². The lowest BCUT2D eigenvalue weighted by Gasteiger charge is -2.17. The highest BCUT2D eigenvalue weighted by Crippen LogP contribution is 2.49. The molecule has 1 aromatic carbocycles. The SMILES string of the molecule is COCc1c(Cl)cc(C2(CN)CC2)c(F)c1F. The molecule has 0 radical (unpaired) electrons. The fourth-order valence-electron chi connectivity index (χ4n) is 2.03. The summed E-state index contributed by atoms with van der Waals surface area (Å²) in [5.74, 6) is -1.77. The third-order valence-corrected chi connectivity index (χ3v) is 3.70. The standard InChI is InChI=1S/C12H14ClF2NO/c1-17-5-7-9(13)4-8(11(15)10(7)14)12(6-16)2-3-12/h4H,2-3,5-6,16H2,1H3. The Bertz CT molecular complexity index is 447. The molecule has 17 heavy (non-hydrogen) atoms. The molecule has 5 heteroatoms. The molecular weight excluding hydrogens is 248 g/mol. The molecule has 1 aliphatic carbocycles. The van der Waals surface area contributed by atoms with Crippen molar-refractivity contribution in [3.8, 4) is 0 Å². The Morgan fingerprint density at radius 3 is 2.53 bits per heavy atom.